The molecule has 1 aromatic rings. The second-order valence-electron chi connectivity index (χ2n) is 3.76. The van der Waals surface area contributed by atoms with E-state index in [1.165, 1.54) is 12.2 Å². The number of hydrogen-bond donors (Lipinski definition) is 0. The summed E-state index contributed by atoms with van der Waals surface area (Å²) in [6.07, 6.45) is 6.33. The van der Waals surface area contributed by atoms with Crippen molar-refractivity contribution in [3.8, 4) is 0 Å². The van der Waals surface area contributed by atoms with Gasteiger partial charge < -0.3 is 4.57 Å². The number of aromatic nitrogens is 2. The molecule has 1 heterocycles. The van der Waals surface area contributed by atoms with Crippen molar-refractivity contribution in [2.24, 2.45) is 0 Å². The van der Waals surface area contributed by atoms with Gasteiger partial charge in [-0.15, -0.1) is 0 Å². The van der Waals surface area contributed by atoms with Crippen molar-refractivity contribution in [2.45, 2.75) is 52.5 Å². The minimum Gasteiger partial charge on any atom is -0.332 e. The Balaban J connectivity index is 2.88. The summed E-state index contributed by atoms with van der Waals surface area (Å²) in [7, 11) is 0. The lowest BCUT2D eigenvalue weighted by Gasteiger charge is -2.17. The fourth-order valence-electron chi connectivity index (χ4n) is 1.46. The first kappa shape index (κ1) is 10.3. The van der Waals surface area contributed by atoms with Gasteiger partial charge in [-0.1, -0.05) is 20.8 Å². The Bertz CT molecular complexity index is 228. The molecule has 2 heteroatoms. The van der Waals surface area contributed by atoms with Crippen LogP contribution in [0.4, 0.5) is 0 Å². The van der Waals surface area contributed by atoms with Gasteiger partial charge in [0, 0.05) is 24.4 Å². The minimum absolute atomic E-state index is 0.573. The van der Waals surface area contributed by atoms with Gasteiger partial charge in [-0.05, 0) is 19.8 Å². The van der Waals surface area contributed by atoms with Crippen molar-refractivity contribution in [2.75, 3.05) is 0 Å². The normalized spacial score (nSPS) is 15.7. The Morgan fingerprint density at radius 1 is 1.31 bits per heavy atom. The quantitative estimate of drug-likeness (QED) is 0.694. The summed E-state index contributed by atoms with van der Waals surface area (Å²) >= 11 is 0. The molecule has 0 saturated carbocycles. The van der Waals surface area contributed by atoms with E-state index in [1.807, 2.05) is 6.20 Å². The van der Waals surface area contributed by atoms with Gasteiger partial charge in [0.25, 0.3) is 0 Å². The predicted molar refractivity (Wildman–Crippen MR) is 55.9 cm³/mol. The van der Waals surface area contributed by atoms with Gasteiger partial charge in [-0.3, -0.25) is 0 Å². The Kier molecular flexibility index (Phi) is 3.52. The second-order valence-corrected chi connectivity index (χ2v) is 3.76. The van der Waals surface area contributed by atoms with Crippen LogP contribution in [0.2, 0.25) is 0 Å². The molecule has 0 aliphatic carbocycles. The van der Waals surface area contributed by atoms with Crippen LogP contribution in [0.5, 0.6) is 0 Å². The predicted octanol–water partition coefficient (Wildman–Crippen LogP) is 3.37. The topological polar surface area (TPSA) is 17.8 Å². The first-order valence-corrected chi connectivity index (χ1v) is 5.23. The monoisotopic (exact) mass is 180 g/mol. The summed E-state index contributed by atoms with van der Waals surface area (Å²) in [6, 6.07) is 0.575. The van der Waals surface area contributed by atoms with Gasteiger partial charge in [0.2, 0.25) is 0 Å². The van der Waals surface area contributed by atoms with Crippen LogP contribution in [0.15, 0.2) is 12.4 Å². The fourth-order valence-corrected chi connectivity index (χ4v) is 1.46. The summed E-state index contributed by atoms with van der Waals surface area (Å²) in [5.74, 6) is 1.81. The highest BCUT2D eigenvalue weighted by Gasteiger charge is 2.12. The first-order valence-electron chi connectivity index (χ1n) is 5.23. The molecule has 2 atom stereocenters. The molecule has 74 valence electrons. The maximum absolute atomic E-state index is 4.42. The average molecular weight is 180 g/mol. The van der Waals surface area contributed by atoms with Gasteiger partial charge in [0.1, 0.15) is 5.82 Å². The molecule has 0 amide bonds. The van der Waals surface area contributed by atoms with Gasteiger partial charge in [0.15, 0.2) is 0 Å². The zero-order valence-electron chi connectivity index (χ0n) is 9.12. The minimum atomic E-state index is 0.573. The highest BCUT2D eigenvalue weighted by Crippen LogP contribution is 2.21. The molecule has 13 heavy (non-hydrogen) atoms. The number of hydrogen-bond acceptors (Lipinski definition) is 1. The Hall–Kier alpha value is -0.790. The van der Waals surface area contributed by atoms with E-state index in [1.54, 1.807) is 0 Å². The second kappa shape index (κ2) is 4.45. The van der Waals surface area contributed by atoms with Crippen LogP contribution in [0, 0.1) is 0 Å². The molecular formula is C11H20N2. The Morgan fingerprint density at radius 2 is 2.00 bits per heavy atom. The molecular weight excluding hydrogens is 160 g/mol. The van der Waals surface area contributed by atoms with Crippen LogP contribution in [0.1, 0.15) is 58.3 Å². The molecule has 0 aliphatic rings. The molecule has 0 aromatic carbocycles. The Morgan fingerprint density at radius 3 is 2.54 bits per heavy atom. The molecule has 0 fully saturated rings. The highest BCUT2D eigenvalue weighted by atomic mass is 15.1. The maximum Gasteiger partial charge on any atom is 0.111 e. The maximum atomic E-state index is 4.42. The third-order valence-electron chi connectivity index (χ3n) is 2.82. The van der Waals surface area contributed by atoms with Crippen LogP contribution < -0.4 is 0 Å². The molecule has 0 radical (unpaired) electrons. The van der Waals surface area contributed by atoms with Crippen molar-refractivity contribution in [3.63, 3.8) is 0 Å². The third kappa shape index (κ3) is 2.11. The lowest BCUT2D eigenvalue weighted by Crippen LogP contribution is -2.09. The van der Waals surface area contributed by atoms with Gasteiger partial charge in [-0.25, -0.2) is 4.98 Å². The highest BCUT2D eigenvalue weighted by molar-refractivity contribution is 5.00. The number of nitrogens with zero attached hydrogens (tertiary/aromatic N) is 2. The molecule has 2 nitrogen and oxygen atoms in total. The van der Waals surface area contributed by atoms with E-state index in [0.717, 1.165) is 6.42 Å². The van der Waals surface area contributed by atoms with E-state index in [4.69, 9.17) is 0 Å². The van der Waals surface area contributed by atoms with Crippen molar-refractivity contribution in [3.05, 3.63) is 18.2 Å². The van der Waals surface area contributed by atoms with Crippen molar-refractivity contribution < 1.29 is 0 Å². The van der Waals surface area contributed by atoms with E-state index in [9.17, 15) is 0 Å². The first-order chi connectivity index (χ1) is 6.20. The van der Waals surface area contributed by atoms with E-state index in [-0.39, 0.29) is 0 Å². The molecule has 2 unspecified atom stereocenters. The zero-order valence-corrected chi connectivity index (χ0v) is 9.12. The standard InChI is InChI=1S/C11H20N2/c1-5-9(3)11-12-7-8-13(11)10(4)6-2/h7-10H,5-6H2,1-4H3. The number of rotatable bonds is 4. The fraction of sp³-hybridized carbons (Fsp3) is 0.727. The van der Waals surface area contributed by atoms with E-state index in [2.05, 4.69) is 43.4 Å². The lowest BCUT2D eigenvalue weighted by molar-refractivity contribution is 0.487. The van der Waals surface area contributed by atoms with E-state index >= 15 is 0 Å². The largest absolute Gasteiger partial charge is 0.332 e. The molecule has 1 aromatic heterocycles. The molecule has 0 aliphatic heterocycles. The van der Waals surface area contributed by atoms with Crippen LogP contribution in [0.25, 0.3) is 0 Å². The average Bonchev–Trinajstić information content (AvgIpc) is 2.63. The smallest absolute Gasteiger partial charge is 0.111 e. The van der Waals surface area contributed by atoms with Crippen LogP contribution in [-0.4, -0.2) is 9.55 Å². The molecule has 0 spiro atoms. The summed E-state index contributed by atoms with van der Waals surface area (Å²) in [6.45, 7) is 8.90. The van der Waals surface area contributed by atoms with Gasteiger partial charge in [0.05, 0.1) is 0 Å². The zero-order chi connectivity index (χ0) is 9.84. The van der Waals surface area contributed by atoms with Crippen molar-refractivity contribution in [1.29, 1.82) is 0 Å². The summed E-state index contributed by atoms with van der Waals surface area (Å²) < 4.78 is 2.30. The summed E-state index contributed by atoms with van der Waals surface area (Å²) in [4.78, 5) is 4.42. The van der Waals surface area contributed by atoms with Gasteiger partial charge >= 0.3 is 0 Å². The molecule has 0 saturated heterocycles. The van der Waals surface area contributed by atoms with Crippen molar-refractivity contribution >= 4 is 0 Å². The summed E-state index contributed by atoms with van der Waals surface area (Å²) in [5, 5.41) is 0. The van der Waals surface area contributed by atoms with Crippen LogP contribution in [-0.2, 0) is 0 Å². The number of imidazole rings is 1. The van der Waals surface area contributed by atoms with Crippen LogP contribution >= 0.6 is 0 Å². The van der Waals surface area contributed by atoms with E-state index in [0.29, 0.717) is 12.0 Å². The van der Waals surface area contributed by atoms with Crippen molar-refractivity contribution in [1.82, 2.24) is 9.55 Å². The molecule has 1 rings (SSSR count). The molecule has 0 N–H and O–H groups in total. The third-order valence-corrected chi connectivity index (χ3v) is 2.82. The Labute approximate surface area is 81.0 Å². The summed E-state index contributed by atoms with van der Waals surface area (Å²) in [5.41, 5.74) is 0. The lowest BCUT2D eigenvalue weighted by atomic mass is 10.1. The van der Waals surface area contributed by atoms with E-state index < -0.39 is 0 Å². The van der Waals surface area contributed by atoms with Crippen LogP contribution in [0.3, 0.4) is 0 Å². The van der Waals surface area contributed by atoms with Gasteiger partial charge in [-0.2, -0.15) is 0 Å². The SMILES string of the molecule is CCC(C)c1nccn1C(C)CC. The molecule has 0 bridgehead atoms.